The fourth-order valence-electron chi connectivity index (χ4n) is 0.596. The zero-order valence-electron chi connectivity index (χ0n) is 10.4. The van der Waals surface area contributed by atoms with E-state index in [2.05, 4.69) is 27.7 Å². The van der Waals surface area contributed by atoms with Gasteiger partial charge in [0.15, 0.2) is 0 Å². The molecule has 0 radical (unpaired) electrons. The quantitative estimate of drug-likeness (QED) is 0.435. The minimum absolute atomic E-state index is 0. The van der Waals surface area contributed by atoms with Crippen molar-refractivity contribution in [2.45, 2.75) is 27.7 Å². The molecule has 1 rings (SSSR count). The maximum absolute atomic E-state index is 10.1. The molecule has 0 aliphatic carbocycles. The molecule has 1 aromatic rings. The molecule has 0 aliphatic rings. The maximum Gasteiger partial charge on any atom is 0.269 e. The first kappa shape index (κ1) is 16.8. The molecule has 1 aromatic carbocycles. The molecular formula is C11H21N3O2. The molecule has 0 spiro atoms. The summed E-state index contributed by atoms with van der Waals surface area (Å²) in [5.41, 5.74) is 6.40. The van der Waals surface area contributed by atoms with Crippen molar-refractivity contribution in [3.8, 4) is 0 Å². The second-order valence-corrected chi connectivity index (χ2v) is 4.85. The number of hydrogen-bond donors (Lipinski definition) is 2. The number of nitro groups is 1. The molecule has 92 valence electrons. The normalized spacial score (nSPS) is 9.50. The molecule has 0 aliphatic heterocycles. The Hall–Kier alpha value is -1.62. The van der Waals surface area contributed by atoms with Gasteiger partial charge in [0.2, 0.25) is 0 Å². The zero-order valence-corrected chi connectivity index (χ0v) is 10.4. The predicted octanol–water partition coefficient (Wildman–Crippen LogP) is 3.39. The molecule has 0 heterocycles. The van der Waals surface area contributed by atoms with E-state index in [1.165, 1.54) is 24.3 Å². The van der Waals surface area contributed by atoms with E-state index in [1.807, 2.05) is 0 Å². The predicted molar refractivity (Wildman–Crippen MR) is 67.7 cm³/mol. The molecule has 0 saturated carbocycles. The number of nitrogens with zero attached hydrogens (tertiary/aromatic N) is 1. The van der Waals surface area contributed by atoms with Gasteiger partial charge in [0.05, 0.1) is 4.92 Å². The van der Waals surface area contributed by atoms with E-state index in [-0.39, 0.29) is 11.8 Å². The van der Waals surface area contributed by atoms with Gasteiger partial charge >= 0.3 is 0 Å². The summed E-state index contributed by atoms with van der Waals surface area (Å²) in [6, 6.07) is 5.74. The van der Waals surface area contributed by atoms with Crippen molar-refractivity contribution >= 4 is 11.4 Å². The van der Waals surface area contributed by atoms with E-state index in [9.17, 15) is 10.1 Å². The molecule has 5 N–H and O–H groups in total. The zero-order chi connectivity index (χ0) is 12.1. The van der Waals surface area contributed by atoms with Gasteiger partial charge in [-0.3, -0.25) is 10.1 Å². The Morgan fingerprint density at radius 1 is 1.12 bits per heavy atom. The third-order valence-corrected chi connectivity index (χ3v) is 1.10. The molecule has 0 atom stereocenters. The first-order valence-electron chi connectivity index (χ1n) is 4.70. The third kappa shape index (κ3) is 10.5. The molecule has 0 unspecified atom stereocenters. The average molecular weight is 227 g/mol. The highest BCUT2D eigenvalue weighted by Gasteiger charge is 2.00. The highest BCUT2D eigenvalue weighted by molar-refractivity contribution is 5.44. The first-order chi connectivity index (χ1) is 6.70. The number of nitrogens with two attached hydrogens (primary N) is 1. The number of non-ortho nitro benzene ring substituents is 1. The smallest absolute Gasteiger partial charge is 0.269 e. The van der Waals surface area contributed by atoms with Crippen molar-refractivity contribution in [2.75, 3.05) is 5.73 Å². The fourth-order valence-corrected chi connectivity index (χ4v) is 0.596. The van der Waals surface area contributed by atoms with Crippen LogP contribution in [0.2, 0.25) is 0 Å². The van der Waals surface area contributed by atoms with Crippen molar-refractivity contribution in [2.24, 2.45) is 5.41 Å². The summed E-state index contributed by atoms with van der Waals surface area (Å²) in [4.78, 5) is 9.62. The molecule has 5 nitrogen and oxygen atoms in total. The van der Waals surface area contributed by atoms with Crippen molar-refractivity contribution in [1.29, 1.82) is 0 Å². The van der Waals surface area contributed by atoms with Crippen LogP contribution in [-0.4, -0.2) is 4.92 Å². The lowest BCUT2D eigenvalue weighted by Crippen LogP contribution is -1.93. The Kier molecular flexibility index (Phi) is 7.13. The minimum Gasteiger partial charge on any atom is -0.399 e. The van der Waals surface area contributed by atoms with E-state index < -0.39 is 4.92 Å². The van der Waals surface area contributed by atoms with E-state index >= 15 is 0 Å². The second kappa shape index (κ2) is 6.79. The van der Waals surface area contributed by atoms with Crippen LogP contribution in [0.5, 0.6) is 0 Å². The van der Waals surface area contributed by atoms with Gasteiger partial charge in [-0.25, -0.2) is 0 Å². The van der Waals surface area contributed by atoms with Crippen LogP contribution in [0.3, 0.4) is 0 Å². The second-order valence-electron chi connectivity index (χ2n) is 4.85. The largest absolute Gasteiger partial charge is 0.399 e. The molecule has 0 aromatic heterocycles. The molecule has 16 heavy (non-hydrogen) atoms. The van der Waals surface area contributed by atoms with Crippen LogP contribution >= 0.6 is 0 Å². The van der Waals surface area contributed by atoms with Crippen molar-refractivity contribution in [3.63, 3.8) is 0 Å². The van der Waals surface area contributed by atoms with Crippen LogP contribution < -0.4 is 11.9 Å². The van der Waals surface area contributed by atoms with Gasteiger partial charge < -0.3 is 11.9 Å². The number of benzene rings is 1. The standard InChI is InChI=1S/C6H6N2O2.C5H12.H3N/c7-5-1-3-6(4-2-5)8(9)10;1-5(2,3)4;/h1-4H,7H2;1-4H3;1H3. The van der Waals surface area contributed by atoms with E-state index in [0.29, 0.717) is 11.1 Å². The minimum atomic E-state index is -0.459. The molecular weight excluding hydrogens is 206 g/mol. The highest BCUT2D eigenvalue weighted by Crippen LogP contribution is 2.12. The van der Waals surface area contributed by atoms with E-state index in [1.54, 1.807) is 0 Å². The lowest BCUT2D eigenvalue weighted by atomic mass is 10.0. The lowest BCUT2D eigenvalue weighted by Gasteiger charge is -2.05. The van der Waals surface area contributed by atoms with E-state index in [4.69, 9.17) is 5.73 Å². The fraction of sp³-hybridized carbons (Fsp3) is 0.455. The summed E-state index contributed by atoms with van der Waals surface area (Å²) >= 11 is 0. The van der Waals surface area contributed by atoms with Gasteiger partial charge in [-0.15, -0.1) is 0 Å². The first-order valence-corrected chi connectivity index (χ1v) is 4.70. The average Bonchev–Trinajstić information content (AvgIpc) is 2.01. The van der Waals surface area contributed by atoms with Gasteiger partial charge in [-0.1, -0.05) is 27.7 Å². The summed E-state index contributed by atoms with van der Waals surface area (Å²) in [6.45, 7) is 8.75. The van der Waals surface area contributed by atoms with Gasteiger partial charge in [0.1, 0.15) is 0 Å². The SMILES string of the molecule is CC(C)(C)C.N.Nc1ccc([N+](=O)[O-])cc1. The topological polar surface area (TPSA) is 104 Å². The van der Waals surface area contributed by atoms with Gasteiger partial charge in [0.25, 0.3) is 5.69 Å². The summed E-state index contributed by atoms with van der Waals surface area (Å²) in [6.07, 6.45) is 0. The summed E-state index contributed by atoms with van der Waals surface area (Å²) in [5.74, 6) is 0. The van der Waals surface area contributed by atoms with Crippen molar-refractivity contribution < 1.29 is 4.92 Å². The van der Waals surface area contributed by atoms with Crippen molar-refractivity contribution in [1.82, 2.24) is 6.15 Å². The van der Waals surface area contributed by atoms with Crippen LogP contribution in [0.1, 0.15) is 27.7 Å². The Balaban J connectivity index is 0. The summed E-state index contributed by atoms with van der Waals surface area (Å²) < 4.78 is 0. The van der Waals surface area contributed by atoms with Crippen LogP contribution in [0.15, 0.2) is 24.3 Å². The van der Waals surface area contributed by atoms with E-state index in [0.717, 1.165) is 0 Å². The van der Waals surface area contributed by atoms with Crippen LogP contribution in [-0.2, 0) is 0 Å². The van der Waals surface area contributed by atoms with Crippen molar-refractivity contribution in [3.05, 3.63) is 34.4 Å². The Bertz CT molecular complexity index is 309. The number of anilines is 1. The molecule has 0 amide bonds. The molecule has 0 saturated heterocycles. The monoisotopic (exact) mass is 227 g/mol. The van der Waals surface area contributed by atoms with Gasteiger partial charge in [0, 0.05) is 17.8 Å². The van der Waals surface area contributed by atoms with Gasteiger partial charge in [-0.05, 0) is 17.5 Å². The van der Waals surface area contributed by atoms with Crippen LogP contribution in [0, 0.1) is 15.5 Å². The maximum atomic E-state index is 10.1. The van der Waals surface area contributed by atoms with Crippen LogP contribution in [0.25, 0.3) is 0 Å². The Morgan fingerprint density at radius 2 is 1.44 bits per heavy atom. The molecule has 0 bridgehead atoms. The summed E-state index contributed by atoms with van der Waals surface area (Å²) in [7, 11) is 0. The van der Waals surface area contributed by atoms with Gasteiger partial charge in [-0.2, -0.15) is 0 Å². The number of nitrogen functional groups attached to an aromatic ring is 1. The Labute approximate surface area is 96.4 Å². The number of rotatable bonds is 1. The highest BCUT2D eigenvalue weighted by atomic mass is 16.6. The number of hydrogen-bond acceptors (Lipinski definition) is 4. The third-order valence-electron chi connectivity index (χ3n) is 1.10. The number of nitro benzene ring substituents is 1. The summed E-state index contributed by atoms with van der Waals surface area (Å²) in [5, 5.41) is 10.1. The molecule has 5 heteroatoms. The Morgan fingerprint density at radius 3 is 1.69 bits per heavy atom. The molecule has 0 fully saturated rings. The van der Waals surface area contributed by atoms with Crippen LogP contribution in [0.4, 0.5) is 11.4 Å². The lowest BCUT2D eigenvalue weighted by molar-refractivity contribution is -0.384.